The Morgan fingerprint density at radius 1 is 1.47 bits per heavy atom. The first-order chi connectivity index (χ1) is 9.33. The molecule has 0 bridgehead atoms. The predicted octanol–water partition coefficient (Wildman–Crippen LogP) is -0.240. The lowest BCUT2D eigenvalue weighted by atomic mass is 10.4. The molecule has 1 amide bonds. The largest absolute Gasteiger partial charge is 0.310 e. The Bertz CT molecular complexity index is 532. The second-order valence-corrected chi connectivity index (χ2v) is 4.70. The minimum Gasteiger partial charge on any atom is -0.310 e. The molecule has 0 saturated carbocycles. The van der Waals surface area contributed by atoms with Gasteiger partial charge in [-0.05, 0) is 12.1 Å². The van der Waals surface area contributed by atoms with E-state index in [4.69, 9.17) is 0 Å². The molecule has 1 aromatic heterocycles. The third-order valence-electron chi connectivity index (χ3n) is 2.43. The lowest BCUT2D eigenvalue weighted by Gasteiger charge is -2.13. The molecule has 0 saturated heterocycles. The van der Waals surface area contributed by atoms with Crippen molar-refractivity contribution >= 4 is 35.0 Å². The number of carbonyl (C=O) groups excluding carboxylic acids is 1. The van der Waals surface area contributed by atoms with Crippen LogP contribution in [0.5, 0.6) is 0 Å². The van der Waals surface area contributed by atoms with E-state index in [0.717, 1.165) is 0 Å². The fourth-order valence-corrected chi connectivity index (χ4v) is 2.32. The highest BCUT2D eigenvalue weighted by atomic mass is 32.2. The Balaban J connectivity index is 1.50. The van der Waals surface area contributed by atoms with Gasteiger partial charge in [0.2, 0.25) is 12.2 Å². The van der Waals surface area contributed by atoms with Gasteiger partial charge in [0, 0.05) is 6.20 Å². The zero-order valence-electron chi connectivity index (χ0n) is 9.78. The Kier molecular flexibility index (Phi) is 3.19. The van der Waals surface area contributed by atoms with Crippen molar-refractivity contribution in [3.63, 3.8) is 0 Å². The molecule has 0 spiro atoms. The van der Waals surface area contributed by atoms with Crippen LogP contribution in [0.15, 0.2) is 34.6 Å². The molecule has 3 rings (SSSR count). The molecule has 9 heteroatoms. The number of nitrogens with zero attached hydrogens (tertiary/aromatic N) is 4. The zero-order valence-corrected chi connectivity index (χ0v) is 10.6. The molecule has 98 valence electrons. The SMILES string of the molecule is O=C(CSC1=NNC2NN=CN12)Nc1ccccn1. The summed E-state index contributed by atoms with van der Waals surface area (Å²) < 4.78 is 0. The fourth-order valence-electron chi connectivity index (χ4n) is 1.57. The van der Waals surface area contributed by atoms with Crippen LogP contribution in [-0.2, 0) is 4.79 Å². The van der Waals surface area contributed by atoms with E-state index >= 15 is 0 Å². The van der Waals surface area contributed by atoms with Crippen molar-refractivity contribution in [1.82, 2.24) is 20.7 Å². The number of hydrogen-bond acceptors (Lipinski definition) is 8. The van der Waals surface area contributed by atoms with Gasteiger partial charge in [-0.15, -0.1) is 0 Å². The number of thioether (sulfide) groups is 1. The van der Waals surface area contributed by atoms with Crippen molar-refractivity contribution in [3.05, 3.63) is 24.4 Å². The minimum atomic E-state index is -0.138. The van der Waals surface area contributed by atoms with Crippen LogP contribution >= 0.6 is 11.8 Å². The molecule has 8 nitrogen and oxygen atoms in total. The molecule has 0 radical (unpaired) electrons. The van der Waals surface area contributed by atoms with Crippen molar-refractivity contribution < 1.29 is 4.79 Å². The van der Waals surface area contributed by atoms with Gasteiger partial charge in [0.05, 0.1) is 5.75 Å². The molecular weight excluding hydrogens is 266 g/mol. The normalized spacial score (nSPS) is 19.5. The quantitative estimate of drug-likeness (QED) is 0.706. The monoisotopic (exact) mass is 277 g/mol. The van der Waals surface area contributed by atoms with Crippen molar-refractivity contribution in [3.8, 4) is 0 Å². The maximum atomic E-state index is 11.7. The van der Waals surface area contributed by atoms with Gasteiger partial charge in [-0.2, -0.15) is 10.2 Å². The molecule has 1 atom stereocenters. The number of rotatable bonds is 3. The minimum absolute atomic E-state index is 0.126. The van der Waals surface area contributed by atoms with Crippen LogP contribution in [0.25, 0.3) is 0 Å². The summed E-state index contributed by atoms with van der Waals surface area (Å²) in [5.74, 6) is 0.675. The number of anilines is 1. The summed E-state index contributed by atoms with van der Waals surface area (Å²) in [6, 6.07) is 5.35. The first-order valence-electron chi connectivity index (χ1n) is 5.57. The van der Waals surface area contributed by atoms with Gasteiger partial charge >= 0.3 is 0 Å². The summed E-state index contributed by atoms with van der Waals surface area (Å²) in [5, 5.41) is 11.4. The lowest BCUT2D eigenvalue weighted by Crippen LogP contribution is -2.41. The second-order valence-electron chi connectivity index (χ2n) is 3.76. The van der Waals surface area contributed by atoms with Gasteiger partial charge in [-0.1, -0.05) is 17.8 Å². The molecule has 0 aromatic carbocycles. The van der Waals surface area contributed by atoms with Crippen LogP contribution in [0, 0.1) is 0 Å². The van der Waals surface area contributed by atoms with E-state index < -0.39 is 0 Å². The van der Waals surface area contributed by atoms with Gasteiger partial charge < -0.3 is 5.32 Å². The van der Waals surface area contributed by atoms with Gasteiger partial charge in [-0.3, -0.25) is 20.5 Å². The molecule has 2 aliphatic heterocycles. The molecule has 0 fully saturated rings. The third-order valence-corrected chi connectivity index (χ3v) is 3.39. The third kappa shape index (κ3) is 2.60. The summed E-state index contributed by atoms with van der Waals surface area (Å²) in [6.07, 6.45) is 3.12. The Morgan fingerprint density at radius 3 is 3.26 bits per heavy atom. The zero-order chi connectivity index (χ0) is 13.1. The number of hydrogen-bond donors (Lipinski definition) is 3. The maximum absolute atomic E-state index is 11.7. The number of hydrazone groups is 2. The van der Waals surface area contributed by atoms with Crippen molar-refractivity contribution in [1.29, 1.82) is 0 Å². The van der Waals surface area contributed by atoms with E-state index in [-0.39, 0.29) is 17.9 Å². The van der Waals surface area contributed by atoms with Crippen LogP contribution in [0.3, 0.4) is 0 Å². The van der Waals surface area contributed by atoms with Crippen LogP contribution in [0.4, 0.5) is 5.82 Å². The smallest absolute Gasteiger partial charge is 0.236 e. The number of amides is 1. The number of carbonyl (C=O) groups is 1. The van der Waals surface area contributed by atoms with Crippen molar-refractivity contribution in [2.24, 2.45) is 10.2 Å². The number of amidine groups is 1. The maximum Gasteiger partial charge on any atom is 0.236 e. The first-order valence-corrected chi connectivity index (χ1v) is 6.55. The highest BCUT2D eigenvalue weighted by Gasteiger charge is 2.30. The summed E-state index contributed by atoms with van der Waals surface area (Å²) >= 11 is 1.33. The standard InChI is InChI=1S/C10H11N7OS/c18-8(13-7-3-1-2-4-11-7)5-19-10-16-15-9-14-12-6-17(9)10/h1-4,6,9,14-15H,5H2,(H,11,13,18). The van der Waals surface area contributed by atoms with E-state index in [1.807, 2.05) is 11.0 Å². The van der Waals surface area contributed by atoms with Crippen LogP contribution < -0.4 is 16.2 Å². The van der Waals surface area contributed by atoms with Gasteiger partial charge in [-0.25, -0.2) is 4.98 Å². The van der Waals surface area contributed by atoms with Crippen molar-refractivity contribution in [2.75, 3.05) is 11.1 Å². The van der Waals surface area contributed by atoms with E-state index in [2.05, 4.69) is 31.4 Å². The van der Waals surface area contributed by atoms with Crippen LogP contribution in [0.1, 0.15) is 0 Å². The molecule has 19 heavy (non-hydrogen) atoms. The Morgan fingerprint density at radius 2 is 2.42 bits per heavy atom. The molecule has 2 aliphatic rings. The predicted molar refractivity (Wildman–Crippen MR) is 73.2 cm³/mol. The molecule has 0 aliphatic carbocycles. The van der Waals surface area contributed by atoms with Gasteiger partial charge in [0.1, 0.15) is 12.2 Å². The van der Waals surface area contributed by atoms with Gasteiger partial charge in [0.25, 0.3) is 0 Å². The summed E-state index contributed by atoms with van der Waals surface area (Å²) in [5.41, 5.74) is 5.68. The highest BCUT2D eigenvalue weighted by Crippen LogP contribution is 2.16. The Labute approximate surface area is 113 Å². The number of fused-ring (bicyclic) bond motifs is 1. The second kappa shape index (κ2) is 5.14. The molecular formula is C10H11N7OS. The molecule has 3 N–H and O–H groups in total. The summed E-state index contributed by atoms with van der Waals surface area (Å²) in [6.45, 7) is 0. The molecule has 1 aromatic rings. The molecule has 3 heterocycles. The lowest BCUT2D eigenvalue weighted by molar-refractivity contribution is -0.113. The molecule has 1 unspecified atom stereocenters. The summed E-state index contributed by atoms with van der Waals surface area (Å²) in [7, 11) is 0. The fraction of sp³-hybridized carbons (Fsp3) is 0.200. The average molecular weight is 277 g/mol. The van der Waals surface area contributed by atoms with E-state index in [1.165, 1.54) is 11.8 Å². The topological polar surface area (TPSA) is 94.0 Å². The number of nitrogens with one attached hydrogen (secondary N) is 3. The first kappa shape index (κ1) is 11.8. The highest BCUT2D eigenvalue weighted by molar-refractivity contribution is 8.14. The number of pyridine rings is 1. The average Bonchev–Trinajstić information content (AvgIpc) is 3.01. The van der Waals surface area contributed by atoms with E-state index in [1.54, 1.807) is 24.7 Å². The Hall–Kier alpha value is -2.29. The number of aromatic nitrogens is 1. The van der Waals surface area contributed by atoms with E-state index in [9.17, 15) is 4.79 Å². The van der Waals surface area contributed by atoms with Crippen LogP contribution in [-0.4, -0.2) is 39.3 Å². The summed E-state index contributed by atoms with van der Waals surface area (Å²) in [4.78, 5) is 17.6. The van der Waals surface area contributed by atoms with Crippen molar-refractivity contribution in [2.45, 2.75) is 6.29 Å². The van der Waals surface area contributed by atoms with Crippen LogP contribution in [0.2, 0.25) is 0 Å². The van der Waals surface area contributed by atoms with Gasteiger partial charge in [0.15, 0.2) is 5.17 Å². The van der Waals surface area contributed by atoms with E-state index in [0.29, 0.717) is 11.0 Å².